The number of nitrogens with one attached hydrogen (secondary N) is 2. The maximum Gasteiger partial charge on any atom is 0.254 e. The van der Waals surface area contributed by atoms with E-state index < -0.39 is 0 Å². The number of aryl methyl sites for hydroxylation is 1. The number of Topliss-reactive ketones (excluding diaryl/α,β-unsaturated/α-hetero) is 1. The molecule has 0 fully saturated rings. The Bertz CT molecular complexity index is 972. The van der Waals surface area contributed by atoms with E-state index in [9.17, 15) is 9.59 Å². The summed E-state index contributed by atoms with van der Waals surface area (Å²) in [6.45, 7) is 3.95. The number of anilines is 1. The van der Waals surface area contributed by atoms with Crippen LogP contribution < -0.4 is 10.6 Å². The fourth-order valence-electron chi connectivity index (χ4n) is 3.86. The summed E-state index contributed by atoms with van der Waals surface area (Å²) in [5.41, 5.74) is 4.89. The Balaban J connectivity index is 1.80. The Morgan fingerprint density at radius 2 is 2.15 bits per heavy atom. The minimum Gasteiger partial charge on any atom is -0.362 e. The number of hydrogen-bond donors (Lipinski definition) is 2. The summed E-state index contributed by atoms with van der Waals surface area (Å²) >= 11 is 1.60. The van der Waals surface area contributed by atoms with Gasteiger partial charge in [0.1, 0.15) is 0 Å². The molecular formula is C21H21N3O2S. The Hall–Kier alpha value is -2.73. The molecule has 2 aromatic rings. The molecule has 0 spiro atoms. The van der Waals surface area contributed by atoms with Crippen molar-refractivity contribution in [1.82, 2.24) is 10.3 Å². The zero-order valence-electron chi connectivity index (χ0n) is 15.3. The molecule has 0 saturated carbocycles. The van der Waals surface area contributed by atoms with Crippen molar-refractivity contribution >= 4 is 28.7 Å². The van der Waals surface area contributed by atoms with Crippen LogP contribution in [0.5, 0.6) is 0 Å². The van der Waals surface area contributed by atoms with Crippen LogP contribution in [0.1, 0.15) is 42.5 Å². The lowest BCUT2D eigenvalue weighted by Crippen LogP contribution is -2.35. The molecule has 138 valence electrons. The van der Waals surface area contributed by atoms with E-state index in [4.69, 9.17) is 0 Å². The third kappa shape index (κ3) is 3.21. The van der Waals surface area contributed by atoms with Gasteiger partial charge in [-0.2, -0.15) is 0 Å². The lowest BCUT2D eigenvalue weighted by Gasteiger charge is -2.34. The van der Waals surface area contributed by atoms with E-state index in [1.807, 2.05) is 25.3 Å². The minimum absolute atomic E-state index is 0.140. The first-order chi connectivity index (χ1) is 13.1. The normalized spacial score (nSPS) is 19.6. The fraction of sp³-hybridized carbons (Fsp3) is 0.286. The summed E-state index contributed by atoms with van der Waals surface area (Å²) in [5.74, 6) is -0.373. The van der Waals surface area contributed by atoms with Gasteiger partial charge in [0.15, 0.2) is 5.78 Å². The SMILES string of the molecule is CC1=C(C(=O)Nc2cccnc2)C(c2sccc2C)C2=C(CCCC2=O)N1. The first kappa shape index (κ1) is 17.7. The molecule has 1 unspecified atom stereocenters. The quantitative estimate of drug-likeness (QED) is 0.844. The van der Waals surface area contributed by atoms with Crippen molar-refractivity contribution < 1.29 is 9.59 Å². The predicted molar refractivity (Wildman–Crippen MR) is 106 cm³/mol. The molecule has 27 heavy (non-hydrogen) atoms. The Morgan fingerprint density at radius 3 is 2.85 bits per heavy atom. The molecule has 0 radical (unpaired) electrons. The van der Waals surface area contributed by atoms with Crippen molar-refractivity contribution in [2.45, 2.75) is 39.0 Å². The summed E-state index contributed by atoms with van der Waals surface area (Å²) in [4.78, 5) is 31.2. The highest BCUT2D eigenvalue weighted by Gasteiger charge is 2.39. The first-order valence-electron chi connectivity index (χ1n) is 9.05. The van der Waals surface area contributed by atoms with Gasteiger partial charge >= 0.3 is 0 Å². The van der Waals surface area contributed by atoms with E-state index in [1.54, 1.807) is 35.9 Å². The molecule has 1 aliphatic carbocycles. The van der Waals surface area contributed by atoms with Crippen LogP contribution in [-0.4, -0.2) is 16.7 Å². The average molecular weight is 379 g/mol. The fourth-order valence-corrected chi connectivity index (χ4v) is 4.91. The number of dihydropyridines is 1. The third-order valence-electron chi connectivity index (χ3n) is 5.10. The first-order valence-corrected chi connectivity index (χ1v) is 9.93. The highest BCUT2D eigenvalue weighted by atomic mass is 32.1. The molecule has 5 nitrogen and oxygen atoms in total. The molecule has 0 bridgehead atoms. The average Bonchev–Trinajstić information content (AvgIpc) is 3.07. The second-order valence-corrected chi connectivity index (χ2v) is 7.88. The molecule has 2 aliphatic rings. The second-order valence-electron chi connectivity index (χ2n) is 6.93. The second kappa shape index (κ2) is 7.12. The van der Waals surface area contributed by atoms with E-state index in [0.29, 0.717) is 17.7 Å². The van der Waals surface area contributed by atoms with E-state index >= 15 is 0 Å². The van der Waals surface area contributed by atoms with Crippen molar-refractivity contribution in [2.75, 3.05) is 5.32 Å². The number of carbonyl (C=O) groups is 2. The summed E-state index contributed by atoms with van der Waals surface area (Å²) < 4.78 is 0. The summed E-state index contributed by atoms with van der Waals surface area (Å²) in [6.07, 6.45) is 5.52. The van der Waals surface area contributed by atoms with E-state index in [-0.39, 0.29) is 17.6 Å². The number of rotatable bonds is 3. The monoisotopic (exact) mass is 379 g/mol. The Labute approximate surface area is 162 Å². The number of amides is 1. The maximum absolute atomic E-state index is 13.2. The van der Waals surface area contributed by atoms with E-state index in [0.717, 1.165) is 40.2 Å². The van der Waals surface area contributed by atoms with Gasteiger partial charge in [-0.1, -0.05) is 0 Å². The predicted octanol–water partition coefficient (Wildman–Crippen LogP) is 4.06. The topological polar surface area (TPSA) is 71.1 Å². The van der Waals surface area contributed by atoms with Crippen molar-refractivity contribution in [3.63, 3.8) is 0 Å². The van der Waals surface area contributed by atoms with Crippen LogP contribution in [0, 0.1) is 6.92 Å². The molecule has 2 aromatic heterocycles. The van der Waals surface area contributed by atoms with Gasteiger partial charge in [0.25, 0.3) is 5.91 Å². The summed E-state index contributed by atoms with van der Waals surface area (Å²) in [5, 5.41) is 8.30. The minimum atomic E-state index is -0.314. The molecule has 1 amide bonds. The van der Waals surface area contributed by atoms with Crippen LogP contribution in [0.25, 0.3) is 0 Å². The summed E-state index contributed by atoms with van der Waals surface area (Å²) in [7, 11) is 0. The van der Waals surface area contributed by atoms with Crippen molar-refractivity contribution in [3.8, 4) is 0 Å². The molecule has 0 saturated heterocycles. The van der Waals surface area contributed by atoms with Gasteiger partial charge in [0.05, 0.1) is 17.8 Å². The van der Waals surface area contributed by atoms with Crippen LogP contribution in [-0.2, 0) is 9.59 Å². The largest absolute Gasteiger partial charge is 0.362 e. The number of thiophene rings is 1. The Morgan fingerprint density at radius 1 is 1.30 bits per heavy atom. The molecule has 2 N–H and O–H groups in total. The van der Waals surface area contributed by atoms with E-state index in [1.165, 1.54) is 0 Å². The number of carbonyl (C=O) groups excluding carboxylic acids is 2. The molecular weight excluding hydrogens is 358 g/mol. The highest BCUT2D eigenvalue weighted by molar-refractivity contribution is 7.10. The summed E-state index contributed by atoms with van der Waals surface area (Å²) in [6, 6.07) is 5.63. The number of allylic oxidation sites excluding steroid dienone is 3. The standard InChI is InChI=1S/C21H21N3O2S/c1-12-8-10-27-20(12)19-17(21(26)24-14-5-4-9-22-11-14)13(2)23-15-6-3-7-16(25)18(15)19/h4-5,8-11,19,23H,3,6-7H2,1-2H3,(H,24,26). The van der Waals surface area contributed by atoms with Crippen LogP contribution in [0.4, 0.5) is 5.69 Å². The van der Waals surface area contributed by atoms with Crippen LogP contribution >= 0.6 is 11.3 Å². The smallest absolute Gasteiger partial charge is 0.254 e. The molecule has 1 aliphatic heterocycles. The van der Waals surface area contributed by atoms with Gasteiger partial charge in [-0.25, -0.2) is 0 Å². The van der Waals surface area contributed by atoms with Gasteiger partial charge in [0, 0.05) is 40.0 Å². The number of hydrogen-bond acceptors (Lipinski definition) is 5. The van der Waals surface area contributed by atoms with Crippen LogP contribution in [0.2, 0.25) is 0 Å². The zero-order chi connectivity index (χ0) is 19.0. The third-order valence-corrected chi connectivity index (χ3v) is 6.19. The number of pyridine rings is 1. The van der Waals surface area contributed by atoms with Crippen LogP contribution in [0.3, 0.4) is 0 Å². The van der Waals surface area contributed by atoms with Gasteiger partial charge in [0.2, 0.25) is 0 Å². The number of nitrogens with zero attached hydrogens (tertiary/aromatic N) is 1. The molecule has 1 atom stereocenters. The lowest BCUT2D eigenvalue weighted by atomic mass is 9.77. The molecule has 6 heteroatoms. The Kier molecular flexibility index (Phi) is 4.66. The van der Waals surface area contributed by atoms with Gasteiger partial charge in [-0.3, -0.25) is 14.6 Å². The maximum atomic E-state index is 13.2. The van der Waals surface area contributed by atoms with Crippen LogP contribution in [0.15, 0.2) is 58.5 Å². The molecule has 4 rings (SSSR count). The van der Waals surface area contributed by atoms with E-state index in [2.05, 4.69) is 15.6 Å². The van der Waals surface area contributed by atoms with Gasteiger partial charge in [-0.05, 0) is 55.8 Å². The molecule has 3 heterocycles. The highest BCUT2D eigenvalue weighted by Crippen LogP contribution is 2.45. The number of aromatic nitrogens is 1. The van der Waals surface area contributed by atoms with Crippen molar-refractivity contribution in [3.05, 3.63) is 69.0 Å². The number of ketones is 1. The lowest BCUT2D eigenvalue weighted by molar-refractivity contribution is -0.116. The zero-order valence-corrected chi connectivity index (χ0v) is 16.2. The molecule has 0 aromatic carbocycles. The van der Waals surface area contributed by atoms with Gasteiger partial charge in [-0.15, -0.1) is 11.3 Å². The van der Waals surface area contributed by atoms with Crippen molar-refractivity contribution in [2.24, 2.45) is 0 Å². The van der Waals surface area contributed by atoms with Crippen molar-refractivity contribution in [1.29, 1.82) is 0 Å². The van der Waals surface area contributed by atoms with Gasteiger partial charge < -0.3 is 10.6 Å².